The summed E-state index contributed by atoms with van der Waals surface area (Å²) >= 11 is 1.92. The Morgan fingerprint density at radius 3 is 3.10 bits per heavy atom. The number of aromatic nitrogens is 1. The summed E-state index contributed by atoms with van der Waals surface area (Å²) in [5, 5.41) is 9.60. The Balaban J connectivity index is 1.52. The number of hydrogen-bond donors (Lipinski definition) is 3. The minimum atomic E-state index is 0.142. The Kier molecular flexibility index (Phi) is 6.82. The number of anilines is 1. The molecule has 0 saturated carbocycles. The molecule has 1 aromatic heterocycles. The van der Waals surface area contributed by atoms with Gasteiger partial charge in [0.15, 0.2) is 0 Å². The largest absolute Gasteiger partial charge is 0.370 e. The number of nitrogens with one attached hydrogen (secondary N) is 3. The second-order valence-corrected chi connectivity index (χ2v) is 6.43. The zero-order valence-electron chi connectivity index (χ0n) is 12.5. The quantitative estimate of drug-likeness (QED) is 0.665. The molecule has 0 radical (unpaired) electrons. The number of carbonyl (C=O) groups excluding carboxylic acids is 1. The zero-order chi connectivity index (χ0) is 14.9. The third-order valence-corrected chi connectivity index (χ3v) is 4.45. The van der Waals surface area contributed by atoms with Gasteiger partial charge in [0.2, 0.25) is 5.91 Å². The molecular weight excluding hydrogens is 284 g/mol. The number of aryl methyl sites for hydroxylation is 1. The fourth-order valence-corrected chi connectivity index (χ4v) is 3.10. The number of amides is 1. The predicted molar refractivity (Wildman–Crippen MR) is 88.8 cm³/mol. The number of nitrogens with zero attached hydrogens (tertiary/aromatic N) is 1. The first-order chi connectivity index (χ1) is 10.2. The van der Waals surface area contributed by atoms with E-state index in [4.69, 9.17) is 0 Å². The highest BCUT2D eigenvalue weighted by Gasteiger charge is 2.16. The molecule has 1 amide bonds. The van der Waals surface area contributed by atoms with Crippen molar-refractivity contribution in [1.82, 2.24) is 15.6 Å². The summed E-state index contributed by atoms with van der Waals surface area (Å²) in [4.78, 5) is 16.1. The lowest BCUT2D eigenvalue weighted by Crippen LogP contribution is -2.41. The van der Waals surface area contributed by atoms with Crippen molar-refractivity contribution in [1.29, 1.82) is 0 Å². The van der Waals surface area contributed by atoms with Crippen LogP contribution in [-0.4, -0.2) is 48.1 Å². The van der Waals surface area contributed by atoms with Crippen molar-refractivity contribution in [3.63, 3.8) is 0 Å². The molecule has 2 rings (SSSR count). The first-order valence-corrected chi connectivity index (χ1v) is 8.64. The minimum Gasteiger partial charge on any atom is -0.370 e. The van der Waals surface area contributed by atoms with E-state index >= 15 is 0 Å². The summed E-state index contributed by atoms with van der Waals surface area (Å²) in [6.07, 6.45) is 3.33. The van der Waals surface area contributed by atoms with Crippen molar-refractivity contribution in [2.24, 2.45) is 0 Å². The second-order valence-electron chi connectivity index (χ2n) is 5.28. The maximum Gasteiger partial charge on any atom is 0.221 e. The number of thioether (sulfide) groups is 1. The van der Waals surface area contributed by atoms with E-state index in [0.29, 0.717) is 19.0 Å². The molecule has 1 saturated heterocycles. The van der Waals surface area contributed by atoms with E-state index in [2.05, 4.69) is 20.9 Å². The standard InChI is InChI=1S/C15H24N4OS/c1-12-3-4-14(19-10-12)17-5-2-6-18-15(20)9-13-11-21-8-7-16-13/h3-4,10,13,16H,2,5-9,11H2,1H3,(H,17,19)(H,18,20). The summed E-state index contributed by atoms with van der Waals surface area (Å²) < 4.78 is 0. The van der Waals surface area contributed by atoms with Gasteiger partial charge in [-0.2, -0.15) is 11.8 Å². The second kappa shape index (κ2) is 8.89. The highest BCUT2D eigenvalue weighted by molar-refractivity contribution is 7.99. The van der Waals surface area contributed by atoms with Crippen LogP contribution >= 0.6 is 11.8 Å². The van der Waals surface area contributed by atoms with Gasteiger partial charge in [0.1, 0.15) is 5.82 Å². The zero-order valence-corrected chi connectivity index (χ0v) is 13.3. The van der Waals surface area contributed by atoms with Gasteiger partial charge in [-0.3, -0.25) is 4.79 Å². The van der Waals surface area contributed by atoms with E-state index in [1.807, 2.05) is 37.0 Å². The van der Waals surface area contributed by atoms with Gasteiger partial charge < -0.3 is 16.0 Å². The first kappa shape index (κ1) is 16.1. The Labute approximate surface area is 130 Å². The highest BCUT2D eigenvalue weighted by Crippen LogP contribution is 2.09. The predicted octanol–water partition coefficient (Wildman–Crippen LogP) is 1.40. The Morgan fingerprint density at radius 2 is 2.38 bits per heavy atom. The maximum absolute atomic E-state index is 11.8. The van der Waals surface area contributed by atoms with Crippen molar-refractivity contribution in [2.45, 2.75) is 25.8 Å². The first-order valence-electron chi connectivity index (χ1n) is 7.48. The molecule has 0 bridgehead atoms. The SMILES string of the molecule is Cc1ccc(NCCCNC(=O)CC2CSCCN2)nc1. The van der Waals surface area contributed by atoms with E-state index < -0.39 is 0 Å². The van der Waals surface area contributed by atoms with Crippen LogP contribution in [-0.2, 0) is 4.79 Å². The number of rotatable bonds is 7. The van der Waals surface area contributed by atoms with Gasteiger partial charge in [-0.05, 0) is 25.0 Å². The van der Waals surface area contributed by atoms with Crippen LogP contribution in [0, 0.1) is 6.92 Å². The molecule has 1 fully saturated rings. The van der Waals surface area contributed by atoms with Crippen molar-refractivity contribution in [2.75, 3.05) is 36.5 Å². The number of pyridine rings is 1. The monoisotopic (exact) mass is 308 g/mol. The van der Waals surface area contributed by atoms with Crippen LogP contribution in [0.1, 0.15) is 18.4 Å². The molecule has 21 heavy (non-hydrogen) atoms. The van der Waals surface area contributed by atoms with Crippen LogP contribution in [0.15, 0.2) is 18.3 Å². The van der Waals surface area contributed by atoms with Gasteiger partial charge in [-0.15, -0.1) is 0 Å². The Morgan fingerprint density at radius 1 is 1.48 bits per heavy atom. The molecule has 0 spiro atoms. The summed E-state index contributed by atoms with van der Waals surface area (Å²) in [6.45, 7) is 4.55. The molecule has 1 unspecified atom stereocenters. The van der Waals surface area contributed by atoms with Crippen molar-refractivity contribution in [3.05, 3.63) is 23.9 Å². The fourth-order valence-electron chi connectivity index (χ4n) is 2.15. The molecule has 2 heterocycles. The minimum absolute atomic E-state index is 0.142. The van der Waals surface area contributed by atoms with E-state index in [1.54, 1.807) is 0 Å². The van der Waals surface area contributed by atoms with Crippen LogP contribution in [0.3, 0.4) is 0 Å². The number of carbonyl (C=O) groups is 1. The van der Waals surface area contributed by atoms with Crippen LogP contribution in [0.5, 0.6) is 0 Å². The highest BCUT2D eigenvalue weighted by atomic mass is 32.2. The molecule has 0 aliphatic carbocycles. The average Bonchev–Trinajstić information content (AvgIpc) is 2.50. The van der Waals surface area contributed by atoms with Crippen molar-refractivity contribution in [3.8, 4) is 0 Å². The Hall–Kier alpha value is -1.27. The molecule has 5 nitrogen and oxygen atoms in total. The van der Waals surface area contributed by atoms with E-state index in [1.165, 1.54) is 0 Å². The molecule has 0 aromatic carbocycles. The lowest BCUT2D eigenvalue weighted by Gasteiger charge is -2.22. The molecule has 6 heteroatoms. The average molecular weight is 308 g/mol. The van der Waals surface area contributed by atoms with Crippen molar-refractivity contribution < 1.29 is 4.79 Å². The lowest BCUT2D eigenvalue weighted by molar-refractivity contribution is -0.121. The van der Waals surface area contributed by atoms with E-state index in [9.17, 15) is 4.79 Å². The number of hydrogen-bond acceptors (Lipinski definition) is 5. The van der Waals surface area contributed by atoms with Crippen LogP contribution in [0.25, 0.3) is 0 Å². The Bertz CT molecular complexity index is 432. The van der Waals surface area contributed by atoms with Crippen molar-refractivity contribution >= 4 is 23.5 Å². The molecule has 1 atom stereocenters. The molecule has 1 aliphatic rings. The summed E-state index contributed by atoms with van der Waals surface area (Å²) in [5.41, 5.74) is 1.15. The van der Waals surface area contributed by atoms with Gasteiger partial charge in [0, 0.05) is 49.8 Å². The molecule has 116 valence electrons. The van der Waals surface area contributed by atoms with Gasteiger partial charge >= 0.3 is 0 Å². The normalized spacial score (nSPS) is 18.2. The van der Waals surface area contributed by atoms with E-state index in [0.717, 1.165) is 42.4 Å². The molecule has 3 N–H and O–H groups in total. The van der Waals surface area contributed by atoms with Gasteiger partial charge in [0.25, 0.3) is 0 Å². The van der Waals surface area contributed by atoms with Gasteiger partial charge in [-0.1, -0.05) is 6.07 Å². The summed E-state index contributed by atoms with van der Waals surface area (Å²) in [5.74, 6) is 3.21. The lowest BCUT2D eigenvalue weighted by atomic mass is 10.2. The smallest absolute Gasteiger partial charge is 0.221 e. The van der Waals surface area contributed by atoms with Gasteiger partial charge in [0.05, 0.1) is 0 Å². The molecule has 1 aromatic rings. The third-order valence-electron chi connectivity index (χ3n) is 3.32. The third kappa shape index (κ3) is 6.35. The fraction of sp³-hybridized carbons (Fsp3) is 0.600. The summed E-state index contributed by atoms with van der Waals surface area (Å²) in [6, 6.07) is 4.34. The van der Waals surface area contributed by atoms with Gasteiger partial charge in [-0.25, -0.2) is 4.98 Å². The van der Waals surface area contributed by atoms with Crippen LogP contribution in [0.2, 0.25) is 0 Å². The summed E-state index contributed by atoms with van der Waals surface area (Å²) in [7, 11) is 0. The molecule has 1 aliphatic heterocycles. The van der Waals surface area contributed by atoms with Crippen LogP contribution in [0.4, 0.5) is 5.82 Å². The van der Waals surface area contributed by atoms with Crippen LogP contribution < -0.4 is 16.0 Å². The maximum atomic E-state index is 11.8. The topological polar surface area (TPSA) is 66.0 Å². The van der Waals surface area contributed by atoms with E-state index in [-0.39, 0.29) is 5.91 Å². The molecular formula is C15H24N4OS.